The lowest BCUT2D eigenvalue weighted by Gasteiger charge is -2.33. The maximum Gasteiger partial charge on any atom is 0.237 e. The molecular formula is C14H21N5O. The van der Waals surface area contributed by atoms with E-state index in [9.17, 15) is 4.79 Å². The second kappa shape index (κ2) is 6.17. The van der Waals surface area contributed by atoms with Crippen LogP contribution in [0.2, 0.25) is 0 Å². The summed E-state index contributed by atoms with van der Waals surface area (Å²) < 4.78 is 0. The number of nitrogens with one attached hydrogen (secondary N) is 2. The monoisotopic (exact) mass is 275 g/mol. The molecule has 1 aromatic rings. The molecule has 3 rings (SSSR count). The number of piperidine rings is 1. The molecule has 0 aliphatic carbocycles. The second-order valence-corrected chi connectivity index (χ2v) is 5.49. The lowest BCUT2D eigenvalue weighted by Crippen LogP contribution is -2.52. The molecule has 0 bridgehead atoms. The Morgan fingerprint density at radius 1 is 1.30 bits per heavy atom. The fraction of sp³-hybridized carbons (Fsp3) is 0.643. The number of amides is 1. The highest BCUT2D eigenvalue weighted by atomic mass is 16.2. The molecule has 6 nitrogen and oxygen atoms in total. The standard InChI is InChI=1S/C14H21N5O/c20-13(12-5-1-6-15-12)18-11-4-2-9-19(10-11)14-16-7-3-8-17-14/h3,7-8,11-12,15H,1-2,4-6,9-10H2,(H,18,20). The smallest absolute Gasteiger partial charge is 0.237 e. The first-order valence-electron chi connectivity index (χ1n) is 7.38. The minimum atomic E-state index is -0.00153. The van der Waals surface area contributed by atoms with Crippen LogP contribution in [-0.4, -0.2) is 47.6 Å². The van der Waals surface area contributed by atoms with Crippen molar-refractivity contribution in [1.82, 2.24) is 20.6 Å². The predicted octanol–water partition coefficient (Wildman–Crippen LogP) is 0.314. The summed E-state index contributed by atoms with van der Waals surface area (Å²) in [6.07, 6.45) is 7.64. The van der Waals surface area contributed by atoms with Crippen molar-refractivity contribution in [3.05, 3.63) is 18.5 Å². The van der Waals surface area contributed by atoms with Crippen molar-refractivity contribution in [1.29, 1.82) is 0 Å². The SMILES string of the molecule is O=C(NC1CCCN(c2ncccn2)C1)C1CCCN1. The van der Waals surface area contributed by atoms with E-state index < -0.39 is 0 Å². The van der Waals surface area contributed by atoms with Gasteiger partial charge in [0.15, 0.2) is 0 Å². The van der Waals surface area contributed by atoms with Gasteiger partial charge in [0.25, 0.3) is 0 Å². The summed E-state index contributed by atoms with van der Waals surface area (Å²) in [4.78, 5) is 22.8. The molecule has 2 unspecified atom stereocenters. The predicted molar refractivity (Wildman–Crippen MR) is 76.4 cm³/mol. The molecule has 2 fully saturated rings. The Morgan fingerprint density at radius 2 is 2.15 bits per heavy atom. The van der Waals surface area contributed by atoms with Crippen molar-refractivity contribution >= 4 is 11.9 Å². The zero-order chi connectivity index (χ0) is 13.8. The third kappa shape index (κ3) is 3.07. The maximum atomic E-state index is 12.1. The highest BCUT2D eigenvalue weighted by molar-refractivity contribution is 5.82. The van der Waals surface area contributed by atoms with Crippen LogP contribution in [0.1, 0.15) is 25.7 Å². The van der Waals surface area contributed by atoms with E-state index in [2.05, 4.69) is 25.5 Å². The highest BCUT2D eigenvalue weighted by Crippen LogP contribution is 2.15. The van der Waals surface area contributed by atoms with Crippen molar-refractivity contribution < 1.29 is 4.79 Å². The summed E-state index contributed by atoms with van der Waals surface area (Å²) in [5.41, 5.74) is 0. The van der Waals surface area contributed by atoms with Gasteiger partial charge in [0.05, 0.1) is 6.04 Å². The van der Waals surface area contributed by atoms with Gasteiger partial charge in [-0.15, -0.1) is 0 Å². The molecule has 2 atom stereocenters. The average Bonchev–Trinajstić information content (AvgIpc) is 3.03. The molecule has 2 aliphatic rings. The molecule has 0 aromatic carbocycles. The van der Waals surface area contributed by atoms with Crippen LogP contribution in [0.3, 0.4) is 0 Å². The summed E-state index contributed by atoms with van der Waals surface area (Å²) >= 11 is 0. The third-order valence-corrected chi connectivity index (χ3v) is 3.98. The van der Waals surface area contributed by atoms with E-state index in [1.165, 1.54) is 0 Å². The van der Waals surface area contributed by atoms with Gasteiger partial charge in [-0.05, 0) is 38.3 Å². The molecule has 3 heterocycles. The van der Waals surface area contributed by atoms with Gasteiger partial charge in [0.1, 0.15) is 0 Å². The first-order valence-corrected chi connectivity index (χ1v) is 7.38. The van der Waals surface area contributed by atoms with Crippen LogP contribution in [0.15, 0.2) is 18.5 Å². The van der Waals surface area contributed by atoms with E-state index in [1.807, 2.05) is 6.07 Å². The van der Waals surface area contributed by atoms with Crippen LogP contribution >= 0.6 is 0 Å². The number of hydrogen-bond acceptors (Lipinski definition) is 5. The molecule has 1 aromatic heterocycles. The summed E-state index contributed by atoms with van der Waals surface area (Å²) in [6.45, 7) is 2.70. The fourth-order valence-corrected chi connectivity index (χ4v) is 2.94. The number of aromatic nitrogens is 2. The Bertz CT molecular complexity index is 446. The summed E-state index contributed by atoms with van der Waals surface area (Å²) in [5, 5.41) is 6.40. The molecule has 1 amide bonds. The number of carbonyl (C=O) groups excluding carboxylic acids is 1. The number of carbonyl (C=O) groups is 1. The van der Waals surface area contributed by atoms with Gasteiger partial charge in [0.2, 0.25) is 11.9 Å². The minimum absolute atomic E-state index is 0.00153. The van der Waals surface area contributed by atoms with E-state index in [0.29, 0.717) is 0 Å². The molecule has 0 saturated carbocycles. The Kier molecular flexibility index (Phi) is 4.11. The van der Waals surface area contributed by atoms with Crippen LogP contribution < -0.4 is 15.5 Å². The van der Waals surface area contributed by atoms with Crippen molar-refractivity contribution in [2.24, 2.45) is 0 Å². The molecule has 20 heavy (non-hydrogen) atoms. The van der Waals surface area contributed by atoms with Gasteiger partial charge in [-0.2, -0.15) is 0 Å². The second-order valence-electron chi connectivity index (χ2n) is 5.49. The van der Waals surface area contributed by atoms with Crippen molar-refractivity contribution in [2.75, 3.05) is 24.5 Å². The van der Waals surface area contributed by atoms with Crippen LogP contribution in [-0.2, 0) is 4.79 Å². The van der Waals surface area contributed by atoms with Gasteiger partial charge in [-0.1, -0.05) is 0 Å². The van der Waals surface area contributed by atoms with Gasteiger partial charge < -0.3 is 15.5 Å². The van der Waals surface area contributed by atoms with Gasteiger partial charge in [-0.25, -0.2) is 9.97 Å². The lowest BCUT2D eigenvalue weighted by atomic mass is 10.1. The Morgan fingerprint density at radius 3 is 2.90 bits per heavy atom. The summed E-state index contributed by atoms with van der Waals surface area (Å²) in [7, 11) is 0. The van der Waals surface area contributed by atoms with Crippen LogP contribution in [0.4, 0.5) is 5.95 Å². The molecule has 108 valence electrons. The molecule has 2 N–H and O–H groups in total. The zero-order valence-corrected chi connectivity index (χ0v) is 11.6. The Labute approximate surface area is 119 Å². The number of rotatable bonds is 3. The zero-order valence-electron chi connectivity index (χ0n) is 11.6. The normalized spacial score (nSPS) is 26.5. The van der Waals surface area contributed by atoms with E-state index in [1.54, 1.807) is 12.4 Å². The molecule has 0 radical (unpaired) electrons. The van der Waals surface area contributed by atoms with Crippen LogP contribution in [0.5, 0.6) is 0 Å². The average molecular weight is 275 g/mol. The molecule has 2 aliphatic heterocycles. The molecular weight excluding hydrogens is 254 g/mol. The summed E-state index contributed by atoms with van der Waals surface area (Å²) in [5.74, 6) is 0.897. The minimum Gasteiger partial charge on any atom is -0.350 e. The number of hydrogen-bond donors (Lipinski definition) is 2. The third-order valence-electron chi connectivity index (χ3n) is 3.98. The molecule has 0 spiro atoms. The quantitative estimate of drug-likeness (QED) is 0.831. The first-order chi connectivity index (χ1) is 9.83. The Balaban J connectivity index is 1.56. The molecule has 6 heteroatoms. The van der Waals surface area contributed by atoms with Crippen molar-refractivity contribution in [2.45, 2.75) is 37.8 Å². The van der Waals surface area contributed by atoms with Gasteiger partial charge >= 0.3 is 0 Å². The van der Waals surface area contributed by atoms with Crippen molar-refractivity contribution in [3.63, 3.8) is 0 Å². The van der Waals surface area contributed by atoms with Crippen molar-refractivity contribution in [3.8, 4) is 0 Å². The number of nitrogens with zero attached hydrogens (tertiary/aromatic N) is 3. The van der Waals surface area contributed by atoms with E-state index in [0.717, 1.165) is 51.3 Å². The topological polar surface area (TPSA) is 70.2 Å². The number of anilines is 1. The lowest BCUT2D eigenvalue weighted by molar-refractivity contribution is -0.123. The Hall–Kier alpha value is -1.69. The maximum absolute atomic E-state index is 12.1. The first kappa shape index (κ1) is 13.3. The van der Waals surface area contributed by atoms with Gasteiger partial charge in [-0.3, -0.25) is 4.79 Å². The van der Waals surface area contributed by atoms with Crippen LogP contribution in [0.25, 0.3) is 0 Å². The summed E-state index contributed by atoms with van der Waals surface area (Å²) in [6, 6.07) is 2.01. The largest absolute Gasteiger partial charge is 0.350 e. The van der Waals surface area contributed by atoms with Gasteiger partial charge in [0, 0.05) is 31.5 Å². The van der Waals surface area contributed by atoms with Crippen LogP contribution in [0, 0.1) is 0 Å². The molecule has 2 saturated heterocycles. The highest BCUT2D eigenvalue weighted by Gasteiger charge is 2.27. The van der Waals surface area contributed by atoms with E-state index >= 15 is 0 Å². The van der Waals surface area contributed by atoms with E-state index in [-0.39, 0.29) is 18.0 Å². The van der Waals surface area contributed by atoms with E-state index in [4.69, 9.17) is 0 Å². The fourth-order valence-electron chi connectivity index (χ4n) is 2.94.